The molecule has 192 valence electrons. The Hall–Kier alpha value is -3.88. The molecule has 9 nitrogen and oxygen atoms in total. The van der Waals surface area contributed by atoms with E-state index in [0.717, 1.165) is 27.2 Å². The molecule has 0 unspecified atom stereocenters. The number of fused-ring (bicyclic) bond motifs is 3. The molecule has 0 aromatic heterocycles. The predicted molar refractivity (Wildman–Crippen MR) is 133 cm³/mol. The van der Waals surface area contributed by atoms with Gasteiger partial charge in [-0.1, -0.05) is 62.4 Å². The number of ether oxygens (including phenoxy) is 1. The van der Waals surface area contributed by atoms with Gasteiger partial charge >= 0.3 is 18.0 Å². The van der Waals surface area contributed by atoms with Crippen molar-refractivity contribution in [3.63, 3.8) is 0 Å². The highest BCUT2D eigenvalue weighted by Crippen LogP contribution is 2.44. The Morgan fingerprint density at radius 1 is 0.861 bits per heavy atom. The lowest BCUT2D eigenvalue weighted by Crippen LogP contribution is -2.53. The topological polar surface area (TPSA) is 124 Å². The number of rotatable bonds is 10. The average Bonchev–Trinajstić information content (AvgIpc) is 3.16. The van der Waals surface area contributed by atoms with E-state index in [-0.39, 0.29) is 24.9 Å². The first-order valence-corrected chi connectivity index (χ1v) is 11.8. The summed E-state index contributed by atoms with van der Waals surface area (Å²) in [5.74, 6) is -3.58. The summed E-state index contributed by atoms with van der Waals surface area (Å²) in [5, 5.41) is 18.5. The van der Waals surface area contributed by atoms with Gasteiger partial charge in [-0.15, -0.1) is 0 Å². The lowest BCUT2D eigenvalue weighted by Gasteiger charge is -2.33. The van der Waals surface area contributed by atoms with E-state index in [1.54, 1.807) is 0 Å². The van der Waals surface area contributed by atoms with E-state index >= 15 is 0 Å². The van der Waals surface area contributed by atoms with Gasteiger partial charge in [0.2, 0.25) is 5.91 Å². The molecule has 0 spiro atoms. The highest BCUT2D eigenvalue weighted by Gasteiger charge is 2.37. The number of benzene rings is 2. The smallest absolute Gasteiger partial charge is 0.410 e. The van der Waals surface area contributed by atoms with Crippen molar-refractivity contribution in [2.45, 2.75) is 44.7 Å². The molecule has 2 aromatic rings. The average molecular weight is 497 g/mol. The molecule has 1 aliphatic rings. The van der Waals surface area contributed by atoms with Gasteiger partial charge in [0.05, 0.1) is 6.42 Å². The summed E-state index contributed by atoms with van der Waals surface area (Å²) in [7, 11) is 2.67. The van der Waals surface area contributed by atoms with Crippen molar-refractivity contribution in [1.82, 2.24) is 9.80 Å². The molecule has 2 atom stereocenters. The zero-order valence-electron chi connectivity index (χ0n) is 20.9. The van der Waals surface area contributed by atoms with Crippen LogP contribution in [0.5, 0.6) is 0 Å². The third kappa shape index (κ3) is 5.67. The second-order valence-corrected chi connectivity index (χ2v) is 9.46. The van der Waals surface area contributed by atoms with Gasteiger partial charge in [-0.3, -0.25) is 14.5 Å². The maximum atomic E-state index is 13.3. The van der Waals surface area contributed by atoms with Crippen molar-refractivity contribution < 1.29 is 34.1 Å². The molecule has 0 saturated carbocycles. The second-order valence-electron chi connectivity index (χ2n) is 9.46. The molecule has 2 N–H and O–H groups in total. The summed E-state index contributed by atoms with van der Waals surface area (Å²) >= 11 is 0. The van der Waals surface area contributed by atoms with Crippen LogP contribution in [0.2, 0.25) is 0 Å². The van der Waals surface area contributed by atoms with Crippen LogP contribution in [0.3, 0.4) is 0 Å². The van der Waals surface area contributed by atoms with Gasteiger partial charge in [0, 0.05) is 20.0 Å². The number of likely N-dealkylation sites (N-methyl/N-ethyl adjacent to an activating group) is 2. The zero-order chi connectivity index (χ0) is 26.6. The van der Waals surface area contributed by atoms with E-state index < -0.39 is 42.4 Å². The monoisotopic (exact) mass is 496 g/mol. The largest absolute Gasteiger partial charge is 0.481 e. The van der Waals surface area contributed by atoms with Gasteiger partial charge in [-0.25, -0.2) is 9.59 Å². The molecule has 0 heterocycles. The third-order valence-electron chi connectivity index (χ3n) is 6.54. The van der Waals surface area contributed by atoms with Crippen molar-refractivity contribution in [3.05, 3.63) is 59.7 Å². The number of carboxylic acid groups (broad SMARTS) is 2. The van der Waals surface area contributed by atoms with Gasteiger partial charge in [0.15, 0.2) is 0 Å². The molecule has 2 amide bonds. The maximum Gasteiger partial charge on any atom is 0.410 e. The number of carbonyl (C=O) groups is 4. The summed E-state index contributed by atoms with van der Waals surface area (Å²) in [5.41, 5.74) is 4.30. The van der Waals surface area contributed by atoms with Crippen molar-refractivity contribution in [3.8, 4) is 11.1 Å². The van der Waals surface area contributed by atoms with Crippen LogP contribution < -0.4 is 0 Å². The Kier molecular flexibility index (Phi) is 8.34. The fourth-order valence-corrected chi connectivity index (χ4v) is 4.64. The highest BCUT2D eigenvalue weighted by molar-refractivity contribution is 5.90. The Bertz CT molecular complexity index is 1100. The number of hydrogen-bond acceptors (Lipinski definition) is 5. The van der Waals surface area contributed by atoms with Gasteiger partial charge < -0.3 is 19.8 Å². The van der Waals surface area contributed by atoms with Crippen LogP contribution in [0.1, 0.15) is 43.7 Å². The molecule has 2 aromatic carbocycles. The van der Waals surface area contributed by atoms with Crippen molar-refractivity contribution in [1.29, 1.82) is 0 Å². The van der Waals surface area contributed by atoms with Gasteiger partial charge in [-0.05, 0) is 34.6 Å². The Labute approximate surface area is 210 Å². The van der Waals surface area contributed by atoms with Crippen molar-refractivity contribution >= 4 is 23.9 Å². The molecule has 9 heteroatoms. The predicted octanol–water partition coefficient (Wildman–Crippen LogP) is 3.67. The number of carbonyl (C=O) groups excluding carboxylic acids is 2. The molecule has 1 aliphatic carbocycles. The minimum absolute atomic E-state index is 0.000984. The summed E-state index contributed by atoms with van der Waals surface area (Å²) < 4.78 is 5.67. The molecule has 0 radical (unpaired) electrons. The summed E-state index contributed by atoms with van der Waals surface area (Å²) in [6.07, 6.45) is -1.21. The molecule has 0 aliphatic heterocycles. The van der Waals surface area contributed by atoms with Crippen LogP contribution in [0.25, 0.3) is 11.1 Å². The number of aliphatic carboxylic acids is 2. The number of amides is 2. The fourth-order valence-electron chi connectivity index (χ4n) is 4.64. The molecule has 0 saturated heterocycles. The fraction of sp³-hybridized carbons (Fsp3) is 0.407. The molecule has 0 fully saturated rings. The Morgan fingerprint density at radius 3 is 1.86 bits per heavy atom. The van der Waals surface area contributed by atoms with Crippen LogP contribution in [0, 0.1) is 5.92 Å². The van der Waals surface area contributed by atoms with E-state index in [4.69, 9.17) is 9.84 Å². The maximum absolute atomic E-state index is 13.3. The summed E-state index contributed by atoms with van der Waals surface area (Å²) in [4.78, 5) is 51.1. The van der Waals surface area contributed by atoms with Crippen LogP contribution in [0.15, 0.2) is 48.5 Å². The first kappa shape index (κ1) is 26.7. The number of nitrogens with zero attached hydrogens (tertiary/aromatic N) is 2. The normalized spacial score (nSPS) is 13.9. The second kappa shape index (κ2) is 11.2. The highest BCUT2D eigenvalue weighted by atomic mass is 16.6. The molecule has 3 rings (SSSR count). The zero-order valence-corrected chi connectivity index (χ0v) is 20.9. The Balaban J connectivity index is 1.77. The number of hydrogen-bond donors (Lipinski definition) is 2. The standard InChI is InChI=1S/C27H32N2O7/c1-16(2)13-22(25(32)28(3)23(26(33)34)14-24(30)31)29(4)27(35)36-15-21-19-11-7-5-9-17(19)18-10-6-8-12-20(18)21/h5-12,16,21-23H,13-15H2,1-4H3,(H,30,31)(H,33,34)/t22-,23-/m0/s1. The van der Waals surface area contributed by atoms with Gasteiger partial charge in [0.1, 0.15) is 18.7 Å². The van der Waals surface area contributed by atoms with E-state index in [2.05, 4.69) is 0 Å². The lowest BCUT2D eigenvalue weighted by atomic mass is 9.98. The van der Waals surface area contributed by atoms with E-state index in [0.29, 0.717) is 0 Å². The molecular formula is C27H32N2O7. The lowest BCUT2D eigenvalue weighted by molar-refractivity contribution is -0.155. The van der Waals surface area contributed by atoms with E-state index in [9.17, 15) is 24.3 Å². The van der Waals surface area contributed by atoms with E-state index in [1.165, 1.54) is 19.0 Å². The van der Waals surface area contributed by atoms with Crippen LogP contribution in [-0.2, 0) is 19.1 Å². The molecular weight excluding hydrogens is 464 g/mol. The summed E-state index contributed by atoms with van der Waals surface area (Å²) in [6, 6.07) is 13.3. The first-order chi connectivity index (χ1) is 17.0. The SMILES string of the molecule is CC(C)C[C@@H](C(=O)N(C)[C@@H](CC(=O)O)C(=O)O)N(C)C(=O)OCC1c2ccccc2-c2ccccc21. The van der Waals surface area contributed by atoms with Crippen LogP contribution in [-0.4, -0.2) is 76.7 Å². The molecule has 36 heavy (non-hydrogen) atoms. The van der Waals surface area contributed by atoms with Crippen molar-refractivity contribution in [2.24, 2.45) is 5.92 Å². The minimum Gasteiger partial charge on any atom is -0.481 e. The Morgan fingerprint density at radius 2 is 1.39 bits per heavy atom. The number of carboxylic acids is 2. The minimum atomic E-state index is -1.56. The van der Waals surface area contributed by atoms with Crippen molar-refractivity contribution in [2.75, 3.05) is 20.7 Å². The quantitative estimate of drug-likeness (QED) is 0.514. The van der Waals surface area contributed by atoms with E-state index in [1.807, 2.05) is 62.4 Å². The first-order valence-electron chi connectivity index (χ1n) is 11.8. The van der Waals surface area contributed by atoms with Crippen LogP contribution >= 0.6 is 0 Å². The third-order valence-corrected chi connectivity index (χ3v) is 6.54. The van der Waals surface area contributed by atoms with Crippen LogP contribution in [0.4, 0.5) is 4.79 Å². The summed E-state index contributed by atoms with van der Waals surface area (Å²) in [6.45, 7) is 3.82. The molecule has 0 bridgehead atoms. The van der Waals surface area contributed by atoms with Gasteiger partial charge in [0.25, 0.3) is 0 Å². The van der Waals surface area contributed by atoms with Gasteiger partial charge in [-0.2, -0.15) is 0 Å².